The van der Waals surface area contributed by atoms with Crippen molar-refractivity contribution in [2.45, 2.75) is 6.04 Å². The maximum atomic E-state index is 12.7. The van der Waals surface area contributed by atoms with Gasteiger partial charge >= 0.3 is 0 Å². The number of hydrogen-bond donors (Lipinski definition) is 2. The minimum absolute atomic E-state index is 0.0196. The van der Waals surface area contributed by atoms with E-state index in [1.807, 2.05) is 0 Å². The highest BCUT2D eigenvalue weighted by Crippen LogP contribution is 2.39. The number of aliphatic hydroxyl groups is 2. The number of hydrogen-bond acceptors (Lipinski definition) is 6. The maximum absolute atomic E-state index is 12.7. The van der Waals surface area contributed by atoms with E-state index in [4.69, 9.17) is 9.47 Å². The Kier molecular flexibility index (Phi) is 5.65. The molecule has 0 saturated carbocycles. The third kappa shape index (κ3) is 3.44. The molecule has 3 rings (SSSR count). The van der Waals surface area contributed by atoms with Crippen molar-refractivity contribution in [1.82, 2.24) is 4.90 Å². The number of aliphatic hydroxyl groups excluding tert-OH is 2. The van der Waals surface area contributed by atoms with Gasteiger partial charge in [0.2, 0.25) is 0 Å². The molecule has 146 valence electrons. The summed E-state index contributed by atoms with van der Waals surface area (Å²) < 4.78 is 10.3. The Labute approximate surface area is 162 Å². The van der Waals surface area contributed by atoms with Crippen LogP contribution in [0.4, 0.5) is 0 Å². The summed E-state index contributed by atoms with van der Waals surface area (Å²) in [7, 11) is 3.06. The summed E-state index contributed by atoms with van der Waals surface area (Å²) in [6.07, 6.45) is 0. The van der Waals surface area contributed by atoms with Gasteiger partial charge in [0.25, 0.3) is 11.7 Å². The van der Waals surface area contributed by atoms with E-state index in [1.54, 1.807) is 48.5 Å². The van der Waals surface area contributed by atoms with Crippen molar-refractivity contribution in [3.8, 4) is 11.5 Å². The van der Waals surface area contributed by atoms with E-state index >= 15 is 0 Å². The molecule has 0 aliphatic carbocycles. The molecule has 0 spiro atoms. The van der Waals surface area contributed by atoms with Gasteiger partial charge in [0.15, 0.2) is 0 Å². The molecule has 2 aromatic carbocycles. The van der Waals surface area contributed by atoms with Gasteiger partial charge in [0.1, 0.15) is 17.3 Å². The average Bonchev–Trinajstić information content (AvgIpc) is 2.98. The Bertz CT molecular complexity index is 901. The van der Waals surface area contributed by atoms with Crippen LogP contribution in [0.3, 0.4) is 0 Å². The Hall–Kier alpha value is -3.32. The highest BCUT2D eigenvalue weighted by atomic mass is 16.5. The van der Waals surface area contributed by atoms with Gasteiger partial charge in [-0.1, -0.05) is 12.1 Å². The predicted octanol–water partition coefficient (Wildman–Crippen LogP) is 2.12. The fraction of sp³-hybridized carbons (Fsp3) is 0.238. The Balaban J connectivity index is 2.13. The minimum Gasteiger partial charge on any atom is -0.507 e. The van der Waals surface area contributed by atoms with Crippen LogP contribution in [0.15, 0.2) is 54.1 Å². The lowest BCUT2D eigenvalue weighted by Crippen LogP contribution is -2.32. The number of rotatable bonds is 6. The third-order valence-electron chi connectivity index (χ3n) is 4.68. The number of carbonyl (C=O) groups excluding carboxylic acids is 2. The van der Waals surface area contributed by atoms with Crippen molar-refractivity contribution < 1.29 is 29.3 Å². The van der Waals surface area contributed by atoms with Crippen LogP contribution in [0.1, 0.15) is 17.2 Å². The first-order chi connectivity index (χ1) is 13.5. The SMILES string of the molecule is COc1ccc(C(O)=C2C(=O)C(=O)N(CCO)[C@H]2c2ccc(OC)cc2)cc1. The molecule has 0 radical (unpaired) electrons. The third-order valence-corrected chi connectivity index (χ3v) is 4.68. The van der Waals surface area contributed by atoms with E-state index in [0.717, 1.165) is 0 Å². The monoisotopic (exact) mass is 383 g/mol. The van der Waals surface area contributed by atoms with Gasteiger partial charge in [-0.3, -0.25) is 9.59 Å². The summed E-state index contributed by atoms with van der Waals surface area (Å²) in [4.78, 5) is 26.5. The molecular formula is C21H21NO6. The molecule has 1 heterocycles. The van der Waals surface area contributed by atoms with Crippen LogP contribution in [-0.4, -0.2) is 54.2 Å². The van der Waals surface area contributed by atoms with Crippen LogP contribution in [-0.2, 0) is 9.59 Å². The second-order valence-corrected chi connectivity index (χ2v) is 6.22. The molecule has 0 aromatic heterocycles. The number of carbonyl (C=O) groups is 2. The topological polar surface area (TPSA) is 96.3 Å². The zero-order chi connectivity index (χ0) is 20.3. The van der Waals surface area contributed by atoms with Crippen LogP contribution < -0.4 is 9.47 Å². The van der Waals surface area contributed by atoms with Crippen LogP contribution in [0.25, 0.3) is 5.76 Å². The predicted molar refractivity (Wildman–Crippen MR) is 102 cm³/mol. The summed E-state index contributed by atoms with van der Waals surface area (Å²) >= 11 is 0. The van der Waals surface area contributed by atoms with E-state index < -0.39 is 17.7 Å². The fourth-order valence-electron chi connectivity index (χ4n) is 3.26. The van der Waals surface area contributed by atoms with E-state index in [1.165, 1.54) is 19.1 Å². The number of methoxy groups -OCH3 is 2. The number of nitrogens with zero attached hydrogens (tertiary/aromatic N) is 1. The van der Waals surface area contributed by atoms with Gasteiger partial charge in [-0.25, -0.2) is 0 Å². The van der Waals surface area contributed by atoms with Crippen LogP contribution >= 0.6 is 0 Å². The molecule has 2 aromatic rings. The molecule has 1 atom stereocenters. The Morgan fingerprint density at radius 2 is 1.50 bits per heavy atom. The van der Waals surface area contributed by atoms with Crippen molar-refractivity contribution in [1.29, 1.82) is 0 Å². The molecule has 1 saturated heterocycles. The summed E-state index contributed by atoms with van der Waals surface area (Å²) in [5, 5.41) is 20.2. The summed E-state index contributed by atoms with van der Waals surface area (Å²) in [6, 6.07) is 12.6. The summed E-state index contributed by atoms with van der Waals surface area (Å²) in [5.41, 5.74) is 0.999. The Morgan fingerprint density at radius 3 is 2.00 bits per heavy atom. The highest BCUT2D eigenvalue weighted by molar-refractivity contribution is 6.46. The summed E-state index contributed by atoms with van der Waals surface area (Å²) in [6.45, 7) is -0.330. The fourth-order valence-corrected chi connectivity index (χ4v) is 3.26. The standard InChI is InChI=1S/C21H21NO6/c1-27-15-7-3-13(4-8-15)18-17(20(25)21(26)22(18)11-12-23)19(24)14-5-9-16(28-2)10-6-14/h3-10,18,23-24H,11-12H2,1-2H3/t18-/m0/s1. The zero-order valence-corrected chi connectivity index (χ0v) is 15.6. The highest BCUT2D eigenvalue weighted by Gasteiger charge is 2.45. The van der Waals surface area contributed by atoms with Crippen LogP contribution in [0, 0.1) is 0 Å². The number of ether oxygens (including phenoxy) is 2. The first kappa shape index (κ1) is 19.4. The zero-order valence-electron chi connectivity index (χ0n) is 15.6. The average molecular weight is 383 g/mol. The van der Waals surface area contributed by atoms with Crippen molar-refractivity contribution >= 4 is 17.4 Å². The van der Waals surface area contributed by atoms with Gasteiger partial charge in [-0.15, -0.1) is 0 Å². The van der Waals surface area contributed by atoms with Crippen molar-refractivity contribution in [2.75, 3.05) is 27.4 Å². The molecular weight excluding hydrogens is 362 g/mol. The molecule has 1 fully saturated rings. The maximum Gasteiger partial charge on any atom is 0.295 e. The van der Waals surface area contributed by atoms with Crippen molar-refractivity contribution in [3.63, 3.8) is 0 Å². The molecule has 1 aliphatic rings. The summed E-state index contributed by atoms with van der Waals surface area (Å²) in [5.74, 6) is -0.600. The number of ketones is 1. The second-order valence-electron chi connectivity index (χ2n) is 6.22. The normalized spacial score (nSPS) is 18.4. The van der Waals surface area contributed by atoms with Crippen LogP contribution in [0.2, 0.25) is 0 Å². The molecule has 28 heavy (non-hydrogen) atoms. The number of Topliss-reactive ketones (excluding diaryl/α,β-unsaturated/α-hetero) is 1. The molecule has 7 heteroatoms. The van der Waals surface area contributed by atoms with E-state index in [0.29, 0.717) is 22.6 Å². The lowest BCUT2D eigenvalue weighted by atomic mass is 9.95. The lowest BCUT2D eigenvalue weighted by molar-refractivity contribution is -0.140. The van der Waals surface area contributed by atoms with E-state index in [-0.39, 0.29) is 24.5 Å². The minimum atomic E-state index is -0.805. The van der Waals surface area contributed by atoms with Gasteiger partial charge in [0, 0.05) is 12.1 Å². The van der Waals surface area contributed by atoms with Gasteiger partial charge in [-0.2, -0.15) is 0 Å². The van der Waals surface area contributed by atoms with Gasteiger partial charge < -0.3 is 24.6 Å². The molecule has 7 nitrogen and oxygen atoms in total. The van der Waals surface area contributed by atoms with E-state index in [2.05, 4.69) is 0 Å². The molecule has 1 amide bonds. The molecule has 0 bridgehead atoms. The quantitative estimate of drug-likeness (QED) is 0.451. The van der Waals surface area contributed by atoms with Gasteiger partial charge in [-0.05, 0) is 42.0 Å². The van der Waals surface area contributed by atoms with Crippen molar-refractivity contribution in [3.05, 3.63) is 65.2 Å². The number of likely N-dealkylation sites (tertiary alicyclic amines) is 1. The van der Waals surface area contributed by atoms with E-state index in [9.17, 15) is 19.8 Å². The lowest BCUT2D eigenvalue weighted by Gasteiger charge is -2.24. The van der Waals surface area contributed by atoms with Crippen molar-refractivity contribution in [2.24, 2.45) is 0 Å². The Morgan fingerprint density at radius 1 is 0.964 bits per heavy atom. The smallest absolute Gasteiger partial charge is 0.295 e. The first-order valence-electron chi connectivity index (χ1n) is 8.69. The number of amides is 1. The molecule has 1 aliphatic heterocycles. The first-order valence-corrected chi connectivity index (χ1v) is 8.69. The molecule has 2 N–H and O–H groups in total. The largest absolute Gasteiger partial charge is 0.507 e. The second kappa shape index (κ2) is 8.14. The number of benzene rings is 2. The number of β-amino-alcohol motifs (C(OH)–C–C–N with tert-alkyl or cyclic N) is 1. The molecule has 0 unspecified atom stereocenters. The van der Waals surface area contributed by atoms with Crippen LogP contribution in [0.5, 0.6) is 11.5 Å². The van der Waals surface area contributed by atoms with Gasteiger partial charge in [0.05, 0.1) is 32.4 Å².